The van der Waals surface area contributed by atoms with Crippen molar-refractivity contribution in [2.75, 3.05) is 0 Å². The second kappa shape index (κ2) is 6.16. The maximum atomic E-state index is 12.1. The van der Waals surface area contributed by atoms with Gasteiger partial charge in [-0.25, -0.2) is 4.79 Å². The highest BCUT2D eigenvalue weighted by molar-refractivity contribution is 7.90. The van der Waals surface area contributed by atoms with E-state index in [2.05, 4.69) is 4.72 Å². The molecule has 112 valence electrons. The monoisotopic (exact) mass is 297 g/mol. The molecule has 1 unspecified atom stereocenters. The van der Waals surface area contributed by atoms with Crippen LogP contribution in [-0.2, 0) is 11.4 Å². The summed E-state index contributed by atoms with van der Waals surface area (Å²) in [6, 6.07) is 3.30. The van der Waals surface area contributed by atoms with E-state index in [0.29, 0.717) is 5.56 Å². The Morgan fingerprint density at radius 1 is 1.30 bits per heavy atom. The van der Waals surface area contributed by atoms with Crippen LogP contribution in [0.15, 0.2) is 12.1 Å². The molecule has 0 saturated carbocycles. The van der Waals surface area contributed by atoms with Crippen molar-refractivity contribution < 1.29 is 14.5 Å². The average molecular weight is 297 g/mol. The predicted octanol–water partition coefficient (Wildman–Crippen LogP) is 3.11. The molecule has 0 fully saturated rings. The molecule has 0 bridgehead atoms. The van der Waals surface area contributed by atoms with Crippen molar-refractivity contribution >= 4 is 17.3 Å². The lowest BCUT2D eigenvalue weighted by atomic mass is 9.95. The summed E-state index contributed by atoms with van der Waals surface area (Å²) >= 11 is -1.16. The minimum absolute atomic E-state index is 0.100. The number of carboxylic acids is 1. The maximum absolute atomic E-state index is 12.1. The fourth-order valence-electron chi connectivity index (χ4n) is 1.94. The molecule has 1 aromatic carbocycles. The Morgan fingerprint density at radius 2 is 1.85 bits per heavy atom. The highest BCUT2D eigenvalue weighted by Gasteiger charge is 2.29. The van der Waals surface area contributed by atoms with Gasteiger partial charge < -0.3 is 9.66 Å². The zero-order chi connectivity index (χ0) is 15.7. The quantitative estimate of drug-likeness (QED) is 0.838. The molecular weight excluding hydrogens is 274 g/mol. The van der Waals surface area contributed by atoms with Crippen LogP contribution in [0.5, 0.6) is 0 Å². The molecule has 4 nitrogen and oxygen atoms in total. The molecule has 5 heteroatoms. The van der Waals surface area contributed by atoms with Gasteiger partial charge >= 0.3 is 5.97 Å². The third-order valence-electron chi connectivity index (χ3n) is 3.37. The summed E-state index contributed by atoms with van der Waals surface area (Å²) in [4.78, 5) is 11.1. The smallest absolute Gasteiger partial charge is 0.335 e. The van der Waals surface area contributed by atoms with Gasteiger partial charge in [-0.1, -0.05) is 6.07 Å². The van der Waals surface area contributed by atoms with Crippen LogP contribution >= 0.6 is 0 Å². The topological polar surface area (TPSA) is 72.4 Å². The van der Waals surface area contributed by atoms with E-state index in [1.54, 1.807) is 19.1 Å². The molecule has 0 aliphatic heterocycles. The van der Waals surface area contributed by atoms with Crippen molar-refractivity contribution in [3.05, 3.63) is 34.4 Å². The lowest BCUT2D eigenvalue weighted by Crippen LogP contribution is -2.40. The first-order valence-corrected chi connectivity index (χ1v) is 7.72. The van der Waals surface area contributed by atoms with E-state index in [9.17, 15) is 9.35 Å². The lowest BCUT2D eigenvalue weighted by molar-refractivity contribution is 0.0696. The zero-order valence-electron chi connectivity index (χ0n) is 12.9. The molecule has 0 amide bonds. The van der Waals surface area contributed by atoms with Gasteiger partial charge in [-0.3, -0.25) is 0 Å². The summed E-state index contributed by atoms with van der Waals surface area (Å²) in [5.74, 6) is -0.920. The highest BCUT2D eigenvalue weighted by Crippen LogP contribution is 2.25. The van der Waals surface area contributed by atoms with Gasteiger partial charge in [-0.15, -0.1) is 4.72 Å². The molecule has 0 spiro atoms. The molecular formula is C15H23NO3S. The van der Waals surface area contributed by atoms with E-state index in [1.807, 2.05) is 34.6 Å². The van der Waals surface area contributed by atoms with Gasteiger partial charge in [0.05, 0.1) is 11.6 Å². The number of benzene rings is 1. The number of hydrogen-bond donors (Lipinski definition) is 2. The van der Waals surface area contributed by atoms with Crippen molar-refractivity contribution in [3.63, 3.8) is 0 Å². The maximum Gasteiger partial charge on any atom is 0.335 e. The molecule has 1 rings (SSSR count). The molecule has 2 atom stereocenters. The van der Waals surface area contributed by atoms with Gasteiger partial charge in [0.15, 0.2) is 0 Å². The molecule has 1 aromatic rings. The summed E-state index contributed by atoms with van der Waals surface area (Å²) in [7, 11) is 0. The van der Waals surface area contributed by atoms with Crippen LogP contribution in [0.4, 0.5) is 0 Å². The third kappa shape index (κ3) is 3.75. The highest BCUT2D eigenvalue weighted by atomic mass is 32.2. The fourth-order valence-corrected chi connectivity index (χ4v) is 2.74. The van der Waals surface area contributed by atoms with Crippen LogP contribution in [0.3, 0.4) is 0 Å². The molecule has 0 aliphatic rings. The van der Waals surface area contributed by atoms with Gasteiger partial charge in [0.2, 0.25) is 0 Å². The Labute approximate surface area is 123 Å². The summed E-state index contributed by atoms with van der Waals surface area (Å²) in [5.41, 5.74) is 2.97. The normalized spacial score (nSPS) is 14.9. The summed E-state index contributed by atoms with van der Waals surface area (Å²) < 4.78 is 14.9. The first kappa shape index (κ1) is 17.0. The first-order chi connectivity index (χ1) is 9.05. The molecule has 0 heterocycles. The standard InChI is InChI=1S/C15H23NO3S/c1-9-10(2)13(14(17)18)8-7-12(9)11(3)16-20(19)15(4,5)6/h7-8,11,16H,1-6H3,(H,17,18)/t11-,20?/m0/s1. The van der Waals surface area contributed by atoms with Crippen LogP contribution in [0.1, 0.15) is 60.8 Å². The van der Waals surface area contributed by atoms with Crippen molar-refractivity contribution in [2.45, 2.75) is 52.3 Å². The first-order valence-electron chi connectivity index (χ1n) is 6.57. The average Bonchev–Trinajstić information content (AvgIpc) is 2.30. The van der Waals surface area contributed by atoms with Crippen molar-refractivity contribution in [2.24, 2.45) is 0 Å². The van der Waals surface area contributed by atoms with E-state index >= 15 is 0 Å². The van der Waals surface area contributed by atoms with Crippen LogP contribution < -0.4 is 4.72 Å². The van der Waals surface area contributed by atoms with Crippen LogP contribution in [-0.4, -0.2) is 20.4 Å². The lowest BCUT2D eigenvalue weighted by Gasteiger charge is -2.27. The van der Waals surface area contributed by atoms with E-state index in [4.69, 9.17) is 5.11 Å². The molecule has 0 radical (unpaired) electrons. The van der Waals surface area contributed by atoms with E-state index < -0.39 is 17.3 Å². The second-order valence-corrected chi connectivity index (χ2v) is 7.98. The van der Waals surface area contributed by atoms with Gasteiger partial charge in [0, 0.05) is 11.4 Å². The van der Waals surface area contributed by atoms with Crippen LogP contribution in [0.2, 0.25) is 0 Å². The van der Waals surface area contributed by atoms with Crippen molar-refractivity contribution in [1.29, 1.82) is 0 Å². The fraction of sp³-hybridized carbons (Fsp3) is 0.533. The summed E-state index contributed by atoms with van der Waals surface area (Å²) in [6.07, 6.45) is 0. The molecule has 20 heavy (non-hydrogen) atoms. The summed E-state index contributed by atoms with van der Waals surface area (Å²) in [5, 5.41) is 9.11. The van der Waals surface area contributed by atoms with Gasteiger partial charge in [-0.2, -0.15) is 0 Å². The Hall–Kier alpha value is -1.04. The zero-order valence-corrected chi connectivity index (χ0v) is 13.7. The van der Waals surface area contributed by atoms with Gasteiger partial charge in [-0.05, 0) is 64.3 Å². The van der Waals surface area contributed by atoms with Crippen molar-refractivity contribution in [3.8, 4) is 0 Å². The number of rotatable bonds is 4. The number of carboxylic acid groups (broad SMARTS) is 1. The molecule has 0 saturated heterocycles. The van der Waals surface area contributed by atoms with Crippen LogP contribution in [0, 0.1) is 13.8 Å². The predicted molar refractivity (Wildman–Crippen MR) is 82.3 cm³/mol. The second-order valence-electron chi connectivity index (χ2n) is 5.98. The number of aromatic carboxylic acids is 1. The van der Waals surface area contributed by atoms with Gasteiger partial charge in [0.1, 0.15) is 4.75 Å². The Kier molecular flexibility index (Phi) is 5.24. The minimum atomic E-state index is -1.16. The Bertz CT molecular complexity index is 509. The van der Waals surface area contributed by atoms with E-state index in [-0.39, 0.29) is 10.8 Å². The third-order valence-corrected chi connectivity index (χ3v) is 5.05. The van der Waals surface area contributed by atoms with Crippen molar-refractivity contribution in [1.82, 2.24) is 4.72 Å². The molecule has 0 aromatic heterocycles. The Balaban J connectivity index is 3.04. The summed E-state index contributed by atoms with van der Waals surface area (Å²) in [6.45, 7) is 11.4. The number of hydrogen-bond acceptors (Lipinski definition) is 3. The van der Waals surface area contributed by atoms with Gasteiger partial charge in [0.25, 0.3) is 0 Å². The number of nitrogens with one attached hydrogen (secondary N) is 1. The SMILES string of the molecule is Cc1c(C(=O)O)ccc([C@H](C)N[S+]([O-])C(C)(C)C)c1C. The minimum Gasteiger partial charge on any atom is -0.598 e. The Morgan fingerprint density at radius 3 is 2.30 bits per heavy atom. The van der Waals surface area contributed by atoms with E-state index in [0.717, 1.165) is 16.7 Å². The van der Waals surface area contributed by atoms with E-state index in [1.165, 1.54) is 0 Å². The molecule has 0 aliphatic carbocycles. The largest absolute Gasteiger partial charge is 0.598 e. The molecule has 2 N–H and O–H groups in total. The van der Waals surface area contributed by atoms with Crippen LogP contribution in [0.25, 0.3) is 0 Å². The number of carbonyl (C=O) groups is 1.